The number of hydrogen-bond donors (Lipinski definition) is 0. The van der Waals surface area contributed by atoms with Crippen LogP contribution in [-0.2, 0) is 20.9 Å². The summed E-state index contributed by atoms with van der Waals surface area (Å²) >= 11 is 8.26. The normalized spacial score (nSPS) is 10.8. The van der Waals surface area contributed by atoms with Gasteiger partial charge in [0.15, 0.2) is 0 Å². The minimum atomic E-state index is -0.669. The van der Waals surface area contributed by atoms with Crippen molar-refractivity contribution in [1.29, 1.82) is 5.26 Å². The average molecular weight is 550 g/mol. The maximum atomic E-state index is 13.1. The fraction of sp³-hybridized carbons (Fsp3) is 0.214. The summed E-state index contributed by atoms with van der Waals surface area (Å²) in [4.78, 5) is 31.0. The van der Waals surface area contributed by atoms with Crippen molar-refractivity contribution in [3.63, 3.8) is 0 Å². The number of hydrogen-bond acceptors (Lipinski definition) is 8. The molecule has 0 atom stereocenters. The number of nitrogens with zero attached hydrogens (tertiary/aromatic N) is 3. The van der Waals surface area contributed by atoms with Crippen LogP contribution in [0.2, 0.25) is 5.02 Å². The van der Waals surface area contributed by atoms with Crippen molar-refractivity contribution >= 4 is 46.3 Å². The fourth-order valence-corrected chi connectivity index (χ4v) is 5.30. The largest absolute Gasteiger partial charge is 0.462 e. The molecule has 0 N–H and O–H groups in total. The van der Waals surface area contributed by atoms with Crippen LogP contribution in [0.1, 0.15) is 40.1 Å². The van der Waals surface area contributed by atoms with E-state index in [1.807, 2.05) is 30.3 Å². The number of esters is 2. The molecule has 0 aliphatic heterocycles. The molecular formula is C28H24ClN3O5S. The average Bonchev–Trinajstić information content (AvgIpc) is 3.22. The van der Waals surface area contributed by atoms with Gasteiger partial charge in [-0.15, -0.1) is 0 Å². The lowest BCUT2D eigenvalue weighted by atomic mass is 10.0. The molecule has 2 aromatic heterocycles. The molecule has 0 aliphatic carbocycles. The monoisotopic (exact) mass is 549 g/mol. The number of rotatable bonds is 9. The Balaban J connectivity index is 2.00. The fourth-order valence-electron chi connectivity index (χ4n) is 3.94. The Bertz CT molecular complexity index is 1530. The molecule has 0 fully saturated rings. The predicted molar refractivity (Wildman–Crippen MR) is 144 cm³/mol. The van der Waals surface area contributed by atoms with E-state index in [1.54, 1.807) is 49.8 Å². The molecule has 0 spiro atoms. The molecule has 38 heavy (non-hydrogen) atoms. The van der Waals surface area contributed by atoms with Crippen LogP contribution in [0.3, 0.4) is 0 Å². The molecular weight excluding hydrogens is 526 g/mol. The second kappa shape index (κ2) is 12.1. The number of ether oxygens (including phenoxy) is 3. The maximum absolute atomic E-state index is 13.1. The highest BCUT2D eigenvalue weighted by Crippen LogP contribution is 2.42. The number of methoxy groups -OCH3 is 1. The molecule has 2 aromatic carbocycles. The first-order valence-electron chi connectivity index (χ1n) is 11.8. The summed E-state index contributed by atoms with van der Waals surface area (Å²) in [6.07, 6.45) is 0. The van der Waals surface area contributed by atoms with Gasteiger partial charge in [0.05, 0.1) is 40.4 Å². The first kappa shape index (κ1) is 27.2. The molecule has 4 rings (SSSR count). The highest BCUT2D eigenvalue weighted by molar-refractivity contribution is 7.99. The van der Waals surface area contributed by atoms with Crippen LogP contribution < -0.4 is 0 Å². The van der Waals surface area contributed by atoms with E-state index in [4.69, 9.17) is 30.8 Å². The third-order valence-corrected chi connectivity index (χ3v) is 7.06. The summed E-state index contributed by atoms with van der Waals surface area (Å²) in [5.74, 6) is -1.13. The Labute approximate surface area is 229 Å². The molecule has 0 radical (unpaired) electrons. The summed E-state index contributed by atoms with van der Waals surface area (Å²) in [6, 6.07) is 18.3. The van der Waals surface area contributed by atoms with Gasteiger partial charge >= 0.3 is 11.9 Å². The van der Waals surface area contributed by atoms with Gasteiger partial charge in [-0.05, 0) is 38.1 Å². The highest BCUT2D eigenvalue weighted by atomic mass is 35.5. The van der Waals surface area contributed by atoms with Crippen LogP contribution in [0.5, 0.6) is 0 Å². The Morgan fingerprint density at radius 1 is 1.03 bits per heavy atom. The molecule has 194 valence electrons. The number of pyridine rings is 1. The molecule has 0 bridgehead atoms. The predicted octanol–water partition coefficient (Wildman–Crippen LogP) is 6.34. The van der Waals surface area contributed by atoms with Gasteiger partial charge in [-0.2, -0.15) is 5.26 Å². The Hall–Kier alpha value is -3.84. The number of halogens is 1. The van der Waals surface area contributed by atoms with E-state index in [0.717, 1.165) is 4.90 Å². The lowest BCUT2D eigenvalue weighted by Gasteiger charge is -2.13. The number of fused-ring (bicyclic) bond motifs is 1. The molecule has 0 amide bonds. The minimum Gasteiger partial charge on any atom is -0.462 e. The van der Waals surface area contributed by atoms with E-state index in [1.165, 1.54) is 11.8 Å². The second-order valence-corrected chi connectivity index (χ2v) is 9.36. The summed E-state index contributed by atoms with van der Waals surface area (Å²) < 4.78 is 17.6. The molecule has 10 heteroatoms. The van der Waals surface area contributed by atoms with Crippen LogP contribution in [-0.4, -0.2) is 41.8 Å². The van der Waals surface area contributed by atoms with Crippen molar-refractivity contribution in [2.75, 3.05) is 20.3 Å². The number of carbonyl (C=O) groups is 2. The topological polar surface area (TPSA) is 103 Å². The van der Waals surface area contributed by atoms with Crippen LogP contribution in [0.15, 0.2) is 64.5 Å². The zero-order valence-electron chi connectivity index (χ0n) is 21.0. The van der Waals surface area contributed by atoms with Crippen molar-refractivity contribution in [1.82, 2.24) is 9.55 Å². The summed E-state index contributed by atoms with van der Waals surface area (Å²) in [7, 11) is 1.54. The SMILES string of the molecule is CCOC(=O)c1ccc(-c2nc3c(c(Cl)c2C(=O)OCC)c(C#N)c(Sc2ccccc2)n3COC)cc1. The second-order valence-electron chi connectivity index (χ2n) is 7.92. The number of aromatic nitrogens is 2. The molecule has 0 unspecified atom stereocenters. The van der Waals surface area contributed by atoms with Crippen molar-refractivity contribution in [2.45, 2.75) is 30.5 Å². The molecule has 4 aromatic rings. The molecule has 8 nitrogen and oxygen atoms in total. The van der Waals surface area contributed by atoms with E-state index in [9.17, 15) is 14.9 Å². The van der Waals surface area contributed by atoms with Crippen LogP contribution in [0, 0.1) is 11.3 Å². The quantitative estimate of drug-likeness (QED) is 0.223. The van der Waals surface area contributed by atoms with Gasteiger partial charge in [-0.1, -0.05) is 53.7 Å². The zero-order chi connectivity index (χ0) is 27.2. The van der Waals surface area contributed by atoms with Crippen molar-refractivity contribution in [3.05, 3.63) is 76.3 Å². The van der Waals surface area contributed by atoms with Gasteiger partial charge in [0.1, 0.15) is 29.0 Å². The first-order valence-corrected chi connectivity index (χ1v) is 13.0. The summed E-state index contributed by atoms with van der Waals surface area (Å²) in [5, 5.41) is 11.1. The number of benzene rings is 2. The van der Waals surface area contributed by atoms with E-state index in [2.05, 4.69) is 6.07 Å². The van der Waals surface area contributed by atoms with Crippen LogP contribution in [0.4, 0.5) is 0 Å². The van der Waals surface area contributed by atoms with Gasteiger partial charge in [0, 0.05) is 17.6 Å². The van der Waals surface area contributed by atoms with E-state index < -0.39 is 11.9 Å². The smallest absolute Gasteiger partial charge is 0.341 e. The Morgan fingerprint density at radius 3 is 2.29 bits per heavy atom. The van der Waals surface area contributed by atoms with Crippen molar-refractivity contribution in [2.24, 2.45) is 0 Å². The van der Waals surface area contributed by atoms with E-state index in [-0.39, 0.29) is 41.8 Å². The minimum absolute atomic E-state index is 0.0345. The number of nitriles is 1. The van der Waals surface area contributed by atoms with Gasteiger partial charge in [-0.25, -0.2) is 14.6 Å². The molecule has 0 saturated carbocycles. The van der Waals surface area contributed by atoms with Crippen molar-refractivity contribution < 1.29 is 23.8 Å². The zero-order valence-corrected chi connectivity index (χ0v) is 22.6. The third kappa shape index (κ3) is 5.24. The third-order valence-electron chi connectivity index (χ3n) is 5.56. The lowest BCUT2D eigenvalue weighted by molar-refractivity contribution is 0.0516. The van der Waals surface area contributed by atoms with Gasteiger partial charge in [0.2, 0.25) is 0 Å². The maximum Gasteiger partial charge on any atom is 0.341 e. The Kier molecular flexibility index (Phi) is 8.69. The first-order chi connectivity index (χ1) is 18.4. The van der Waals surface area contributed by atoms with Crippen molar-refractivity contribution in [3.8, 4) is 17.3 Å². The molecule has 0 saturated heterocycles. The van der Waals surface area contributed by atoms with Crippen LogP contribution >= 0.6 is 23.4 Å². The summed E-state index contributed by atoms with van der Waals surface area (Å²) in [5.41, 5.74) is 1.84. The molecule has 0 aliphatic rings. The van der Waals surface area contributed by atoms with Crippen LogP contribution in [0.25, 0.3) is 22.3 Å². The van der Waals surface area contributed by atoms with Gasteiger partial charge < -0.3 is 14.2 Å². The Morgan fingerprint density at radius 2 is 1.68 bits per heavy atom. The van der Waals surface area contributed by atoms with E-state index in [0.29, 0.717) is 27.2 Å². The number of carbonyl (C=O) groups excluding carboxylic acids is 2. The van der Waals surface area contributed by atoms with E-state index >= 15 is 0 Å². The lowest BCUT2D eigenvalue weighted by Crippen LogP contribution is -2.10. The van der Waals surface area contributed by atoms with Gasteiger partial charge in [-0.3, -0.25) is 4.57 Å². The summed E-state index contributed by atoms with van der Waals surface area (Å²) in [6.45, 7) is 3.89. The van der Waals surface area contributed by atoms with Gasteiger partial charge in [0.25, 0.3) is 0 Å². The standard InChI is InChI=1S/C28H24ClN3O5S/c1-4-36-27(33)18-13-11-17(12-14-18)24-22(28(34)37-5-2)23(29)21-20(15-30)26(32(16-35-3)25(21)31-24)38-19-9-7-6-8-10-19/h6-14H,4-5,16H2,1-3H3. The highest BCUT2D eigenvalue weighted by Gasteiger charge is 2.29. The molecule has 2 heterocycles.